The number of benzene rings is 2. The summed E-state index contributed by atoms with van der Waals surface area (Å²) in [5.41, 5.74) is 2.73. The number of carbonyl (C=O) groups is 2. The smallest absolute Gasteiger partial charge is 0.414 e. The summed E-state index contributed by atoms with van der Waals surface area (Å²) < 4.78 is 23.6. The quantitative estimate of drug-likeness (QED) is 0.718. The third-order valence-electron chi connectivity index (χ3n) is 4.50. The van der Waals surface area contributed by atoms with Crippen LogP contribution in [-0.2, 0) is 4.74 Å². The number of nitrogens with zero attached hydrogens (tertiary/aromatic N) is 1. The SMILES string of the molecule is Cc1ccc(N2CCOC2=O)cc1NC(=O)c1ccc(-c2ccc(F)cc2)o1. The van der Waals surface area contributed by atoms with Crippen LogP contribution in [-0.4, -0.2) is 25.2 Å². The van der Waals surface area contributed by atoms with Crippen molar-refractivity contribution in [3.8, 4) is 11.3 Å². The van der Waals surface area contributed by atoms with Crippen molar-refractivity contribution in [2.75, 3.05) is 23.4 Å². The van der Waals surface area contributed by atoms with Crippen molar-refractivity contribution in [2.45, 2.75) is 6.92 Å². The number of hydrogen-bond acceptors (Lipinski definition) is 4. The lowest BCUT2D eigenvalue weighted by Crippen LogP contribution is -2.23. The van der Waals surface area contributed by atoms with E-state index < -0.39 is 12.0 Å². The van der Waals surface area contributed by atoms with Crippen LogP contribution < -0.4 is 10.2 Å². The lowest BCUT2D eigenvalue weighted by Gasteiger charge is -2.15. The van der Waals surface area contributed by atoms with Crippen molar-refractivity contribution < 1.29 is 23.1 Å². The summed E-state index contributed by atoms with van der Waals surface area (Å²) in [7, 11) is 0. The van der Waals surface area contributed by atoms with E-state index in [4.69, 9.17) is 9.15 Å². The molecule has 0 saturated carbocycles. The molecule has 0 unspecified atom stereocenters. The number of cyclic esters (lactones) is 1. The summed E-state index contributed by atoms with van der Waals surface area (Å²) in [6.45, 7) is 2.66. The number of ether oxygens (including phenoxy) is 1. The van der Waals surface area contributed by atoms with Crippen molar-refractivity contribution in [2.24, 2.45) is 0 Å². The van der Waals surface area contributed by atoms with Gasteiger partial charge in [0.05, 0.1) is 6.54 Å². The van der Waals surface area contributed by atoms with E-state index in [-0.39, 0.29) is 11.6 Å². The van der Waals surface area contributed by atoms with Crippen LogP contribution in [0.2, 0.25) is 0 Å². The molecule has 2 aromatic carbocycles. The van der Waals surface area contributed by atoms with E-state index >= 15 is 0 Å². The molecule has 4 rings (SSSR count). The molecule has 1 aliphatic rings. The van der Waals surface area contributed by atoms with Crippen LogP contribution in [0.5, 0.6) is 0 Å². The molecule has 142 valence electrons. The highest BCUT2D eigenvalue weighted by molar-refractivity contribution is 6.03. The average molecular weight is 380 g/mol. The summed E-state index contributed by atoms with van der Waals surface area (Å²) in [5, 5.41) is 2.81. The zero-order valence-electron chi connectivity index (χ0n) is 15.1. The number of furan rings is 1. The van der Waals surface area contributed by atoms with Crippen LogP contribution >= 0.6 is 0 Å². The van der Waals surface area contributed by atoms with E-state index in [1.165, 1.54) is 17.0 Å². The summed E-state index contributed by atoms with van der Waals surface area (Å²) in [6.07, 6.45) is -0.406. The van der Waals surface area contributed by atoms with Gasteiger partial charge in [-0.05, 0) is 61.0 Å². The molecule has 1 N–H and O–H groups in total. The first-order chi connectivity index (χ1) is 13.5. The molecule has 28 heavy (non-hydrogen) atoms. The summed E-state index contributed by atoms with van der Waals surface area (Å²) in [5.74, 6) is -0.164. The molecule has 0 spiro atoms. The van der Waals surface area contributed by atoms with Crippen molar-refractivity contribution in [1.29, 1.82) is 0 Å². The Balaban J connectivity index is 1.54. The molecule has 6 nitrogen and oxygen atoms in total. The summed E-state index contributed by atoms with van der Waals surface area (Å²) in [4.78, 5) is 25.9. The van der Waals surface area contributed by atoms with Gasteiger partial charge in [0.1, 0.15) is 18.2 Å². The number of halogens is 1. The highest BCUT2D eigenvalue weighted by Crippen LogP contribution is 2.27. The Bertz CT molecular complexity index is 1040. The maximum absolute atomic E-state index is 13.1. The molecule has 2 amide bonds. The molecule has 7 heteroatoms. The minimum atomic E-state index is -0.419. The Morgan fingerprint density at radius 2 is 1.89 bits per heavy atom. The first kappa shape index (κ1) is 17.8. The van der Waals surface area contributed by atoms with Crippen LogP contribution in [0.4, 0.5) is 20.6 Å². The molecular formula is C21H17FN2O4. The van der Waals surface area contributed by atoms with E-state index in [0.29, 0.717) is 35.9 Å². The van der Waals surface area contributed by atoms with Gasteiger partial charge in [0.2, 0.25) is 0 Å². The number of amides is 2. The molecule has 2 heterocycles. The molecule has 1 aromatic heterocycles. The Labute approximate surface area is 160 Å². The number of rotatable bonds is 4. The number of anilines is 2. The average Bonchev–Trinajstić information content (AvgIpc) is 3.33. The van der Waals surface area contributed by atoms with Crippen LogP contribution in [0.3, 0.4) is 0 Å². The second kappa shape index (κ2) is 7.19. The maximum Gasteiger partial charge on any atom is 0.414 e. The van der Waals surface area contributed by atoms with E-state index in [1.807, 2.05) is 13.0 Å². The molecule has 0 atom stereocenters. The van der Waals surface area contributed by atoms with Crippen LogP contribution in [0.25, 0.3) is 11.3 Å². The van der Waals surface area contributed by atoms with Gasteiger partial charge in [0.25, 0.3) is 5.91 Å². The number of aryl methyl sites for hydroxylation is 1. The number of carbonyl (C=O) groups excluding carboxylic acids is 2. The van der Waals surface area contributed by atoms with Gasteiger partial charge in [-0.3, -0.25) is 9.69 Å². The molecule has 0 aliphatic carbocycles. The van der Waals surface area contributed by atoms with E-state index in [2.05, 4.69) is 5.32 Å². The van der Waals surface area contributed by atoms with Gasteiger partial charge in [-0.2, -0.15) is 0 Å². The zero-order valence-corrected chi connectivity index (χ0v) is 15.1. The van der Waals surface area contributed by atoms with Gasteiger partial charge in [0, 0.05) is 16.9 Å². The first-order valence-electron chi connectivity index (χ1n) is 8.73. The second-order valence-corrected chi connectivity index (χ2v) is 6.39. The molecular weight excluding hydrogens is 363 g/mol. The summed E-state index contributed by atoms with van der Waals surface area (Å²) >= 11 is 0. The third-order valence-corrected chi connectivity index (χ3v) is 4.50. The molecule has 3 aromatic rings. The molecule has 1 aliphatic heterocycles. The minimum absolute atomic E-state index is 0.129. The molecule has 1 fully saturated rings. The standard InChI is InChI=1S/C21H17FN2O4/c1-13-2-7-16(24-10-11-27-21(24)26)12-17(13)23-20(25)19-9-8-18(28-19)14-3-5-15(22)6-4-14/h2-9,12H,10-11H2,1H3,(H,23,25). The minimum Gasteiger partial charge on any atom is -0.451 e. The fourth-order valence-electron chi connectivity index (χ4n) is 2.95. The van der Waals surface area contributed by atoms with Gasteiger partial charge in [-0.25, -0.2) is 9.18 Å². The van der Waals surface area contributed by atoms with Gasteiger partial charge < -0.3 is 14.5 Å². The number of hydrogen-bond donors (Lipinski definition) is 1. The predicted octanol–water partition coefficient (Wildman–Crippen LogP) is 4.60. The van der Waals surface area contributed by atoms with Crippen molar-refractivity contribution >= 4 is 23.4 Å². The van der Waals surface area contributed by atoms with Gasteiger partial charge in [-0.15, -0.1) is 0 Å². The van der Waals surface area contributed by atoms with Crippen molar-refractivity contribution in [3.63, 3.8) is 0 Å². The number of nitrogens with one attached hydrogen (secondary N) is 1. The third kappa shape index (κ3) is 3.46. The van der Waals surface area contributed by atoms with Crippen LogP contribution in [0.15, 0.2) is 59.0 Å². The topological polar surface area (TPSA) is 71.8 Å². The van der Waals surface area contributed by atoms with E-state index in [0.717, 1.165) is 5.56 Å². The largest absolute Gasteiger partial charge is 0.451 e. The molecule has 1 saturated heterocycles. The van der Waals surface area contributed by atoms with Crippen molar-refractivity contribution in [3.05, 3.63) is 71.7 Å². The maximum atomic E-state index is 13.1. The molecule has 0 radical (unpaired) electrons. The summed E-state index contributed by atoms with van der Waals surface area (Å²) in [6, 6.07) is 14.4. The Hall–Kier alpha value is -3.61. The van der Waals surface area contributed by atoms with E-state index in [1.54, 1.807) is 36.4 Å². The zero-order chi connectivity index (χ0) is 19.7. The molecule has 0 bridgehead atoms. The van der Waals surface area contributed by atoms with Crippen LogP contribution in [0, 0.1) is 12.7 Å². The van der Waals surface area contributed by atoms with Gasteiger partial charge >= 0.3 is 6.09 Å². The predicted molar refractivity (Wildman–Crippen MR) is 102 cm³/mol. The lowest BCUT2D eigenvalue weighted by atomic mass is 10.1. The van der Waals surface area contributed by atoms with Gasteiger partial charge in [0.15, 0.2) is 5.76 Å². The second-order valence-electron chi connectivity index (χ2n) is 6.39. The highest BCUT2D eigenvalue weighted by Gasteiger charge is 2.24. The lowest BCUT2D eigenvalue weighted by molar-refractivity contribution is 0.0997. The fourth-order valence-corrected chi connectivity index (χ4v) is 2.95. The van der Waals surface area contributed by atoms with Gasteiger partial charge in [-0.1, -0.05) is 6.07 Å². The normalized spacial score (nSPS) is 13.5. The van der Waals surface area contributed by atoms with E-state index in [9.17, 15) is 14.0 Å². The van der Waals surface area contributed by atoms with Crippen LogP contribution in [0.1, 0.15) is 16.1 Å². The Morgan fingerprint density at radius 1 is 1.11 bits per heavy atom. The highest BCUT2D eigenvalue weighted by atomic mass is 19.1. The Kier molecular flexibility index (Phi) is 4.57. The first-order valence-corrected chi connectivity index (χ1v) is 8.73. The monoisotopic (exact) mass is 380 g/mol. The van der Waals surface area contributed by atoms with Crippen molar-refractivity contribution in [1.82, 2.24) is 0 Å². The Morgan fingerprint density at radius 3 is 2.61 bits per heavy atom. The fraction of sp³-hybridized carbons (Fsp3) is 0.143.